The summed E-state index contributed by atoms with van der Waals surface area (Å²) in [6.45, 7) is 0. The smallest absolute Gasteiger partial charge is 0.339 e. The maximum atomic E-state index is 10.8. The maximum Gasteiger partial charge on any atom is 0.339 e. The number of benzene rings is 2. The third-order valence-corrected chi connectivity index (χ3v) is 2.21. The van der Waals surface area contributed by atoms with E-state index in [-0.39, 0.29) is 11.3 Å². The minimum absolute atomic E-state index is 0.117. The lowest BCUT2D eigenvalue weighted by molar-refractivity contribution is 0.0694. The number of carbonyl (C=O) groups is 1. The zero-order valence-corrected chi connectivity index (χ0v) is 7.77. The molecule has 0 aromatic heterocycles. The number of hydrogen-bond acceptors (Lipinski definition) is 2. The molecule has 72 valence electrons. The third kappa shape index (κ3) is 1.66. The zero-order valence-electron chi connectivity index (χ0n) is 7.77. The topological polar surface area (TPSA) is 57.5 Å². The molecular weight excluding hydrogens is 191 g/mol. The van der Waals surface area contributed by atoms with Crippen LogP contribution in [0.3, 0.4) is 0 Å². The van der Waals surface area contributed by atoms with Gasteiger partial charge in [0.15, 0.2) is 0 Å². The van der Waals surface area contributed by atoms with E-state index < -0.39 is 5.97 Å². The molecule has 0 atom stereocenters. The monoisotopic (exact) mass is 198 g/mol. The second kappa shape index (κ2) is 3.31. The van der Waals surface area contributed by atoms with Crippen LogP contribution in [0.5, 0.6) is 5.75 Å². The summed E-state index contributed by atoms with van der Waals surface area (Å²) in [5.74, 6) is -1.39. The molecule has 0 spiro atoms. The van der Waals surface area contributed by atoms with Gasteiger partial charge in [0.05, 0.1) is 0 Å². The van der Waals surface area contributed by atoms with E-state index in [1.54, 1.807) is 18.2 Å². The Bertz CT molecular complexity index is 549. The van der Waals surface area contributed by atoms with Crippen molar-refractivity contribution in [1.29, 1.82) is 0 Å². The Balaban J connectivity index is 2.77. The number of hydrogen-bond donors (Lipinski definition) is 2. The molecule has 2 rings (SSSR count). The highest BCUT2D eigenvalue weighted by atomic mass is 16.4. The van der Waals surface area contributed by atoms with Gasteiger partial charge in [-0.15, -0.1) is 0 Å². The number of carboxylic acids is 1. The molecule has 0 heterocycles. The Hall–Kier alpha value is -1.97. The van der Waals surface area contributed by atoms with E-state index in [2.05, 4.69) is 0 Å². The Morgan fingerprint density at radius 1 is 1.13 bits per heavy atom. The van der Waals surface area contributed by atoms with Crippen LogP contribution in [0, 0.1) is 0 Å². The highest BCUT2D eigenvalue weighted by molar-refractivity contribution is 6.33. The first-order valence-corrected chi connectivity index (χ1v) is 4.33. The zero-order chi connectivity index (χ0) is 11.0. The van der Waals surface area contributed by atoms with Gasteiger partial charge < -0.3 is 10.2 Å². The minimum atomic E-state index is -1.16. The third-order valence-electron chi connectivity index (χ3n) is 2.21. The summed E-state index contributed by atoms with van der Waals surface area (Å²) < 4.78 is 0. The lowest BCUT2D eigenvalue weighted by Gasteiger charge is -2.04. The van der Waals surface area contributed by atoms with Crippen LogP contribution in [0.15, 0.2) is 30.3 Å². The first-order chi connectivity index (χ1) is 7.08. The standard InChI is InChI=1S/C11H7BO3/c12-8-2-1-6-5-10(13)9(11(14)15)4-7(6)3-8/h1-5,13H,(H,14,15). The summed E-state index contributed by atoms with van der Waals surface area (Å²) in [6, 6.07) is 7.92. The van der Waals surface area contributed by atoms with Crippen LogP contribution >= 0.6 is 0 Å². The molecule has 2 radical (unpaired) electrons. The van der Waals surface area contributed by atoms with E-state index in [4.69, 9.17) is 13.0 Å². The molecule has 0 unspecified atom stereocenters. The minimum Gasteiger partial charge on any atom is -0.507 e. The number of rotatable bonds is 1. The van der Waals surface area contributed by atoms with Gasteiger partial charge in [0.1, 0.15) is 19.2 Å². The SMILES string of the molecule is [B]c1ccc2cc(O)c(C(=O)O)cc2c1. The summed E-state index contributed by atoms with van der Waals surface area (Å²) in [7, 11) is 5.58. The van der Waals surface area contributed by atoms with Gasteiger partial charge in [0.2, 0.25) is 0 Å². The molecule has 2 aromatic carbocycles. The van der Waals surface area contributed by atoms with Gasteiger partial charge in [-0.2, -0.15) is 0 Å². The number of fused-ring (bicyclic) bond motifs is 1. The molecule has 0 aliphatic rings. The van der Waals surface area contributed by atoms with Crippen molar-refractivity contribution in [3.63, 3.8) is 0 Å². The molecule has 0 saturated carbocycles. The molecule has 0 aliphatic carbocycles. The number of phenols is 1. The van der Waals surface area contributed by atoms with Crippen molar-refractivity contribution in [1.82, 2.24) is 0 Å². The molecular formula is C11H7BO3. The van der Waals surface area contributed by atoms with E-state index in [0.29, 0.717) is 10.8 Å². The largest absolute Gasteiger partial charge is 0.507 e. The second-order valence-electron chi connectivity index (χ2n) is 3.28. The average molecular weight is 198 g/mol. The Labute approximate surface area is 87.4 Å². The normalized spacial score (nSPS) is 10.4. The molecule has 4 heteroatoms. The molecule has 15 heavy (non-hydrogen) atoms. The fourth-order valence-electron chi connectivity index (χ4n) is 1.48. The molecule has 0 amide bonds. The Kier molecular flexibility index (Phi) is 2.12. The lowest BCUT2D eigenvalue weighted by atomic mass is 9.93. The first kappa shape index (κ1) is 9.58. The number of aromatic hydroxyl groups is 1. The highest BCUT2D eigenvalue weighted by Gasteiger charge is 2.10. The molecule has 2 aromatic rings. The Morgan fingerprint density at radius 3 is 2.53 bits per heavy atom. The molecule has 0 bridgehead atoms. The van der Waals surface area contributed by atoms with Gasteiger partial charge in [-0.05, 0) is 22.9 Å². The maximum absolute atomic E-state index is 10.8. The van der Waals surface area contributed by atoms with Crippen molar-refractivity contribution in [2.45, 2.75) is 0 Å². The summed E-state index contributed by atoms with van der Waals surface area (Å²) >= 11 is 0. The van der Waals surface area contributed by atoms with Crippen LogP contribution < -0.4 is 5.46 Å². The second-order valence-corrected chi connectivity index (χ2v) is 3.28. The predicted octanol–water partition coefficient (Wildman–Crippen LogP) is 1.04. The number of aromatic carboxylic acids is 1. The van der Waals surface area contributed by atoms with E-state index in [0.717, 1.165) is 5.39 Å². The van der Waals surface area contributed by atoms with Gasteiger partial charge in [-0.25, -0.2) is 4.79 Å². The van der Waals surface area contributed by atoms with Gasteiger partial charge in [0, 0.05) is 0 Å². The van der Waals surface area contributed by atoms with E-state index in [1.165, 1.54) is 12.1 Å². The summed E-state index contributed by atoms with van der Waals surface area (Å²) in [6.07, 6.45) is 0. The van der Waals surface area contributed by atoms with Crippen LogP contribution in [-0.4, -0.2) is 24.0 Å². The van der Waals surface area contributed by atoms with Crippen molar-refractivity contribution >= 4 is 30.1 Å². The quantitative estimate of drug-likeness (QED) is 0.673. The fourth-order valence-corrected chi connectivity index (χ4v) is 1.48. The lowest BCUT2D eigenvalue weighted by Crippen LogP contribution is -2.01. The van der Waals surface area contributed by atoms with Gasteiger partial charge in [-0.1, -0.05) is 23.7 Å². The van der Waals surface area contributed by atoms with Crippen LogP contribution in [-0.2, 0) is 0 Å². The van der Waals surface area contributed by atoms with Gasteiger partial charge >= 0.3 is 5.97 Å². The molecule has 0 fully saturated rings. The average Bonchev–Trinajstić information content (AvgIpc) is 2.17. The summed E-state index contributed by atoms with van der Waals surface area (Å²) in [4.78, 5) is 10.8. The van der Waals surface area contributed by atoms with Gasteiger partial charge in [0.25, 0.3) is 0 Å². The van der Waals surface area contributed by atoms with Crippen molar-refractivity contribution in [2.24, 2.45) is 0 Å². The summed E-state index contributed by atoms with van der Waals surface area (Å²) in [5.41, 5.74) is 0.442. The van der Waals surface area contributed by atoms with E-state index in [1.807, 2.05) is 0 Å². The highest BCUT2D eigenvalue weighted by Crippen LogP contribution is 2.24. The molecule has 3 nitrogen and oxygen atoms in total. The van der Waals surface area contributed by atoms with Gasteiger partial charge in [-0.3, -0.25) is 0 Å². The first-order valence-electron chi connectivity index (χ1n) is 4.33. The summed E-state index contributed by atoms with van der Waals surface area (Å²) in [5, 5.41) is 19.7. The number of carboxylic acid groups (broad SMARTS) is 1. The van der Waals surface area contributed by atoms with Crippen LogP contribution in [0.1, 0.15) is 10.4 Å². The van der Waals surface area contributed by atoms with E-state index in [9.17, 15) is 9.90 Å². The van der Waals surface area contributed by atoms with Crippen LogP contribution in [0.25, 0.3) is 10.8 Å². The molecule has 0 saturated heterocycles. The molecule has 0 aliphatic heterocycles. The van der Waals surface area contributed by atoms with Crippen molar-refractivity contribution in [3.05, 3.63) is 35.9 Å². The van der Waals surface area contributed by atoms with Crippen LogP contribution in [0.2, 0.25) is 0 Å². The molecule has 2 N–H and O–H groups in total. The van der Waals surface area contributed by atoms with Crippen molar-refractivity contribution in [2.75, 3.05) is 0 Å². The Morgan fingerprint density at radius 2 is 1.87 bits per heavy atom. The van der Waals surface area contributed by atoms with Crippen LogP contribution in [0.4, 0.5) is 0 Å². The predicted molar refractivity (Wildman–Crippen MR) is 58.0 cm³/mol. The van der Waals surface area contributed by atoms with E-state index >= 15 is 0 Å². The van der Waals surface area contributed by atoms with Crippen molar-refractivity contribution in [3.8, 4) is 5.75 Å². The van der Waals surface area contributed by atoms with Crippen molar-refractivity contribution < 1.29 is 15.0 Å². The fraction of sp³-hybridized carbons (Fsp3) is 0.